The molecule has 200 valence electrons. The summed E-state index contributed by atoms with van der Waals surface area (Å²) in [5, 5.41) is 7.44. The number of hydrogen-bond donors (Lipinski definition) is 0. The molecule has 0 spiro atoms. The summed E-state index contributed by atoms with van der Waals surface area (Å²) in [5.74, 6) is 0. The third-order valence-corrected chi connectivity index (χ3v) is 21.1. The summed E-state index contributed by atoms with van der Waals surface area (Å²) < 4.78 is 0. The molecule has 0 aliphatic heterocycles. The molecule has 1 heterocycles. The second-order valence-electron chi connectivity index (χ2n) is 9.93. The van der Waals surface area contributed by atoms with E-state index in [1.165, 1.54) is 48.0 Å². The molecule has 0 saturated carbocycles. The van der Waals surface area contributed by atoms with Gasteiger partial charge in [0.15, 0.2) is 0 Å². The van der Waals surface area contributed by atoms with Crippen molar-refractivity contribution in [1.82, 2.24) is 0 Å². The Balaban J connectivity index is 1.75. The van der Waals surface area contributed by atoms with Gasteiger partial charge in [0.1, 0.15) is 0 Å². The monoisotopic (exact) mass is 618 g/mol. The first-order chi connectivity index (χ1) is 20.0. The molecule has 0 bridgehead atoms. The SMILES string of the molecule is Cc1cc(-c2ccccc2)c(P(=S)(c2ccccc2)c2ccccc2)pc1P(=S)(c1ccccc1)c1ccccc1. The van der Waals surface area contributed by atoms with Crippen LogP contribution >= 0.6 is 20.3 Å². The Morgan fingerprint density at radius 2 is 0.756 bits per heavy atom. The highest BCUT2D eigenvalue weighted by Gasteiger charge is 2.33. The molecule has 6 rings (SSSR count). The molecule has 0 N–H and O–H groups in total. The second-order valence-corrected chi connectivity index (χ2v) is 20.4. The first kappa shape index (κ1) is 28.2. The lowest BCUT2D eigenvalue weighted by Crippen LogP contribution is -2.29. The van der Waals surface area contributed by atoms with Crippen LogP contribution in [-0.4, -0.2) is 0 Å². The van der Waals surface area contributed by atoms with Crippen LogP contribution in [0.3, 0.4) is 0 Å². The molecule has 0 aliphatic carbocycles. The molecule has 0 saturated heterocycles. The van der Waals surface area contributed by atoms with E-state index in [9.17, 15) is 0 Å². The molecule has 5 heteroatoms. The zero-order valence-electron chi connectivity index (χ0n) is 22.7. The maximum absolute atomic E-state index is 6.96. The molecule has 5 aromatic carbocycles. The van der Waals surface area contributed by atoms with Gasteiger partial charge in [-0.05, 0) is 50.9 Å². The van der Waals surface area contributed by atoms with E-state index in [-0.39, 0.29) is 0 Å². The number of rotatable bonds is 7. The minimum atomic E-state index is -2.43. The molecule has 0 unspecified atom stereocenters. The summed E-state index contributed by atoms with van der Waals surface area (Å²) in [6, 6.07) is 51.2. The molecule has 0 amide bonds. The minimum absolute atomic E-state index is 1.12. The summed E-state index contributed by atoms with van der Waals surface area (Å²) in [5.41, 5.74) is 3.67. The summed E-state index contributed by atoms with van der Waals surface area (Å²) >= 11 is 13.8. The van der Waals surface area contributed by atoms with Gasteiger partial charge in [-0.1, -0.05) is 183 Å². The van der Waals surface area contributed by atoms with Crippen LogP contribution in [-0.2, 0) is 23.6 Å². The molecule has 0 nitrogen and oxygen atoms in total. The van der Waals surface area contributed by atoms with Crippen molar-refractivity contribution in [2.75, 3.05) is 0 Å². The largest absolute Gasteiger partial charge is 0.0822 e. The minimum Gasteiger partial charge on any atom is -0.0822 e. The Morgan fingerprint density at radius 1 is 0.439 bits per heavy atom. The van der Waals surface area contributed by atoms with Gasteiger partial charge < -0.3 is 0 Å². The third-order valence-electron chi connectivity index (χ3n) is 7.33. The Kier molecular flexibility index (Phi) is 8.33. The first-order valence-electron chi connectivity index (χ1n) is 13.5. The van der Waals surface area contributed by atoms with Gasteiger partial charge in [0.05, 0.1) is 0 Å². The van der Waals surface area contributed by atoms with Gasteiger partial charge in [-0.2, -0.15) is 0 Å². The van der Waals surface area contributed by atoms with E-state index in [4.69, 9.17) is 23.6 Å². The Bertz CT molecular complexity index is 1790. The zero-order valence-corrected chi connectivity index (χ0v) is 27.0. The van der Waals surface area contributed by atoms with E-state index < -0.39 is 12.1 Å². The van der Waals surface area contributed by atoms with Gasteiger partial charge in [0.25, 0.3) is 0 Å². The Morgan fingerprint density at radius 3 is 1.12 bits per heavy atom. The maximum atomic E-state index is 6.96. The van der Waals surface area contributed by atoms with Crippen LogP contribution in [0.15, 0.2) is 158 Å². The van der Waals surface area contributed by atoms with Gasteiger partial charge in [0.2, 0.25) is 0 Å². The molecule has 0 fully saturated rings. The predicted molar refractivity (Wildman–Crippen MR) is 191 cm³/mol. The average molecular weight is 619 g/mol. The molecular formula is C36H29P3S2. The van der Waals surface area contributed by atoms with Gasteiger partial charge in [-0.3, -0.25) is 0 Å². The van der Waals surface area contributed by atoms with Gasteiger partial charge in [0, 0.05) is 22.1 Å². The normalized spacial score (nSPS) is 11.9. The highest BCUT2D eigenvalue weighted by molar-refractivity contribution is 8.29. The predicted octanol–water partition coefficient (Wildman–Crippen LogP) is 7.75. The Labute approximate surface area is 255 Å². The van der Waals surface area contributed by atoms with Crippen molar-refractivity contribution in [3.8, 4) is 11.1 Å². The van der Waals surface area contributed by atoms with Crippen molar-refractivity contribution in [1.29, 1.82) is 0 Å². The number of aryl methyl sites for hydroxylation is 1. The van der Waals surface area contributed by atoms with Crippen LogP contribution in [0.1, 0.15) is 5.56 Å². The van der Waals surface area contributed by atoms with E-state index in [0.29, 0.717) is 0 Å². The summed E-state index contributed by atoms with van der Waals surface area (Å²) in [4.78, 5) is 0. The molecule has 0 aliphatic rings. The number of benzene rings is 5. The highest BCUT2D eigenvalue weighted by Crippen LogP contribution is 2.52. The summed E-state index contributed by atoms with van der Waals surface area (Å²) in [7, 11) is 1.12. The standard InChI is InChI=1S/C36H29P3S2/c1-28-27-34(29-17-7-2-8-18-29)36(39(41,32-23-13-5-14-24-32)33-25-15-6-16-26-33)37-35(28)38(40,30-19-9-3-10-20-30)31-21-11-4-12-22-31/h2-27H,1H3. The van der Waals surface area contributed by atoms with E-state index in [1.807, 2.05) is 0 Å². The molecular weight excluding hydrogens is 589 g/mol. The van der Waals surface area contributed by atoms with E-state index in [2.05, 4.69) is 165 Å². The smallest absolute Gasteiger partial charge is 0.0429 e. The average Bonchev–Trinajstić information content (AvgIpc) is 3.06. The van der Waals surface area contributed by atoms with Crippen LogP contribution in [0.5, 0.6) is 0 Å². The van der Waals surface area contributed by atoms with Crippen LogP contribution in [0.25, 0.3) is 11.1 Å². The van der Waals surface area contributed by atoms with Crippen molar-refractivity contribution >= 4 is 75.2 Å². The second kappa shape index (κ2) is 12.1. The molecule has 0 atom stereocenters. The van der Waals surface area contributed by atoms with E-state index in [0.717, 1.165) is 8.19 Å². The van der Waals surface area contributed by atoms with Crippen molar-refractivity contribution in [3.05, 3.63) is 163 Å². The topological polar surface area (TPSA) is 0 Å². The summed E-state index contributed by atoms with van der Waals surface area (Å²) in [6.45, 7) is 2.24. The maximum Gasteiger partial charge on any atom is 0.0429 e. The van der Waals surface area contributed by atoms with E-state index >= 15 is 0 Å². The number of hydrogen-bond acceptors (Lipinski definition) is 2. The third kappa shape index (κ3) is 5.26. The summed E-state index contributed by atoms with van der Waals surface area (Å²) in [6.07, 6.45) is 0. The molecule has 0 radical (unpaired) electrons. The van der Waals surface area contributed by atoms with Crippen LogP contribution in [0.2, 0.25) is 0 Å². The van der Waals surface area contributed by atoms with Crippen LogP contribution in [0, 0.1) is 6.92 Å². The van der Waals surface area contributed by atoms with Gasteiger partial charge in [-0.25, -0.2) is 0 Å². The lowest BCUT2D eigenvalue weighted by atomic mass is 10.1. The zero-order chi connectivity index (χ0) is 28.3. The van der Waals surface area contributed by atoms with Crippen LogP contribution < -0.4 is 31.3 Å². The lowest BCUT2D eigenvalue weighted by molar-refractivity contribution is 1.55. The highest BCUT2D eigenvalue weighted by atomic mass is 32.4. The fourth-order valence-corrected chi connectivity index (χ4v) is 17.4. The molecule has 41 heavy (non-hydrogen) atoms. The first-order valence-corrected chi connectivity index (χ1v) is 20.0. The van der Waals surface area contributed by atoms with Gasteiger partial charge >= 0.3 is 0 Å². The van der Waals surface area contributed by atoms with Crippen molar-refractivity contribution in [2.45, 2.75) is 6.92 Å². The van der Waals surface area contributed by atoms with Gasteiger partial charge in [-0.15, -0.1) is 0 Å². The lowest BCUT2D eigenvalue weighted by Gasteiger charge is -2.31. The molecule has 6 aromatic rings. The van der Waals surface area contributed by atoms with Crippen molar-refractivity contribution in [2.24, 2.45) is 0 Å². The van der Waals surface area contributed by atoms with Crippen LogP contribution in [0.4, 0.5) is 0 Å². The quantitative estimate of drug-likeness (QED) is 0.168. The fraction of sp³-hybridized carbons (Fsp3) is 0.0278. The fourth-order valence-electron chi connectivity index (χ4n) is 5.32. The Hall–Kier alpha value is -2.95. The molecule has 1 aromatic heterocycles. The van der Waals surface area contributed by atoms with E-state index in [1.54, 1.807) is 0 Å². The van der Waals surface area contributed by atoms with Crippen molar-refractivity contribution in [3.63, 3.8) is 0 Å². The van der Waals surface area contributed by atoms with Crippen molar-refractivity contribution < 1.29 is 0 Å².